The Kier molecular flexibility index (Phi) is 2.49. The molecule has 0 N–H and O–H groups in total. The number of Topliss-reactive ketones (excluding diaryl/α,β-unsaturated/α-hetero) is 1. The summed E-state index contributed by atoms with van der Waals surface area (Å²) in [6.45, 7) is 4.95. The van der Waals surface area contributed by atoms with E-state index in [-0.39, 0.29) is 12.3 Å². The third kappa shape index (κ3) is 2.35. The Balaban J connectivity index is 4.00. The number of rotatable bonds is 3. The number of carbonyl (C=O) groups excluding carboxylic acids is 1. The molecule has 0 unspecified atom stereocenters. The van der Waals surface area contributed by atoms with Crippen LogP contribution in [-0.2, 0) is 4.79 Å². The van der Waals surface area contributed by atoms with Gasteiger partial charge in [-0.2, -0.15) is 4.91 Å². The Morgan fingerprint density at radius 3 is 2.11 bits per heavy atom. The summed E-state index contributed by atoms with van der Waals surface area (Å²) in [6, 6.07) is 0. The topological polar surface area (TPSA) is 46.5 Å². The van der Waals surface area contributed by atoms with Crippen LogP contribution in [-0.4, -0.2) is 12.3 Å². The van der Waals surface area contributed by atoms with Crippen LogP contribution >= 0.6 is 0 Å². The van der Waals surface area contributed by atoms with Crippen LogP contribution in [0.2, 0.25) is 0 Å². The van der Waals surface area contributed by atoms with Gasteiger partial charge in [-0.1, -0.05) is 19.0 Å². The average Bonchev–Trinajstić information content (AvgIpc) is 1.65. The predicted molar refractivity (Wildman–Crippen MR) is 35.1 cm³/mol. The highest BCUT2D eigenvalue weighted by molar-refractivity contribution is 5.81. The minimum absolute atomic E-state index is 0.00194. The number of ketones is 1. The fourth-order valence-electron chi connectivity index (χ4n) is 0.273. The molecule has 3 nitrogen and oxygen atoms in total. The largest absolute Gasteiger partial charge is 0.299 e. The van der Waals surface area contributed by atoms with Crippen molar-refractivity contribution in [2.75, 3.05) is 6.54 Å². The molecule has 0 aromatic rings. The molecule has 0 fully saturated rings. The molecule has 0 aromatic heterocycles. The third-order valence-electron chi connectivity index (χ3n) is 1.41. The number of nitroso groups, excluding NO2 is 1. The molecule has 0 aliphatic heterocycles. The molecule has 0 spiro atoms. The second-order valence-electron chi connectivity index (χ2n) is 2.73. The molecule has 0 bridgehead atoms. The Labute approximate surface area is 54.4 Å². The fraction of sp³-hybridized carbons (Fsp3) is 0.833. The van der Waals surface area contributed by atoms with Crippen molar-refractivity contribution in [2.24, 2.45) is 10.6 Å². The van der Waals surface area contributed by atoms with E-state index < -0.39 is 5.41 Å². The molecule has 0 heterocycles. The summed E-state index contributed by atoms with van der Waals surface area (Å²) in [4.78, 5) is 20.4. The van der Waals surface area contributed by atoms with Gasteiger partial charge in [0.2, 0.25) is 0 Å². The summed E-state index contributed by atoms with van der Waals surface area (Å²) >= 11 is 0. The quantitative estimate of drug-likeness (QED) is 0.540. The van der Waals surface area contributed by atoms with E-state index in [0.717, 1.165) is 0 Å². The first-order valence-electron chi connectivity index (χ1n) is 2.81. The van der Waals surface area contributed by atoms with E-state index in [1.165, 1.54) is 6.92 Å². The van der Waals surface area contributed by atoms with E-state index in [9.17, 15) is 9.70 Å². The zero-order valence-corrected chi connectivity index (χ0v) is 5.97. The molecule has 0 aliphatic carbocycles. The predicted octanol–water partition coefficient (Wildman–Crippen LogP) is 1.37. The molecule has 0 saturated heterocycles. The normalized spacial score (nSPS) is 11.0. The van der Waals surface area contributed by atoms with Crippen molar-refractivity contribution in [2.45, 2.75) is 20.8 Å². The minimum Gasteiger partial charge on any atom is -0.299 e. The summed E-state index contributed by atoms with van der Waals surface area (Å²) < 4.78 is 0. The van der Waals surface area contributed by atoms with Crippen molar-refractivity contribution >= 4 is 5.78 Å². The van der Waals surface area contributed by atoms with Gasteiger partial charge in [-0.3, -0.25) is 4.79 Å². The van der Waals surface area contributed by atoms with E-state index in [2.05, 4.69) is 5.18 Å². The first-order chi connectivity index (χ1) is 4.00. The van der Waals surface area contributed by atoms with Crippen molar-refractivity contribution in [3.8, 4) is 0 Å². The number of carbonyl (C=O) groups is 1. The molecular formula is C6H11NO2. The minimum atomic E-state index is -0.568. The SMILES string of the molecule is CC(=O)C(C)(C)CN=O. The Hall–Kier alpha value is -0.730. The van der Waals surface area contributed by atoms with Gasteiger partial charge >= 0.3 is 0 Å². The van der Waals surface area contributed by atoms with Crippen molar-refractivity contribution < 1.29 is 4.79 Å². The molecular weight excluding hydrogens is 118 g/mol. The highest BCUT2D eigenvalue weighted by atomic mass is 16.3. The van der Waals surface area contributed by atoms with E-state index in [1.807, 2.05) is 0 Å². The van der Waals surface area contributed by atoms with Crippen LogP contribution in [0.1, 0.15) is 20.8 Å². The smallest absolute Gasteiger partial charge is 0.137 e. The molecule has 0 aromatic carbocycles. The van der Waals surface area contributed by atoms with Crippen LogP contribution < -0.4 is 0 Å². The first-order valence-corrected chi connectivity index (χ1v) is 2.81. The van der Waals surface area contributed by atoms with Gasteiger partial charge in [-0.15, -0.1) is 0 Å². The van der Waals surface area contributed by atoms with Gasteiger partial charge in [0.1, 0.15) is 5.78 Å². The third-order valence-corrected chi connectivity index (χ3v) is 1.41. The van der Waals surface area contributed by atoms with Crippen LogP contribution in [0, 0.1) is 10.3 Å². The van der Waals surface area contributed by atoms with Gasteiger partial charge in [0.15, 0.2) is 0 Å². The Morgan fingerprint density at radius 2 is 2.00 bits per heavy atom. The number of hydrogen-bond acceptors (Lipinski definition) is 3. The van der Waals surface area contributed by atoms with Crippen LogP contribution in [0.15, 0.2) is 5.18 Å². The van der Waals surface area contributed by atoms with Crippen LogP contribution in [0.3, 0.4) is 0 Å². The highest BCUT2D eigenvalue weighted by Crippen LogP contribution is 2.15. The average molecular weight is 129 g/mol. The lowest BCUT2D eigenvalue weighted by atomic mass is 9.89. The maximum atomic E-state index is 10.7. The first kappa shape index (κ1) is 8.27. The zero-order chi connectivity index (χ0) is 7.49. The lowest BCUT2D eigenvalue weighted by molar-refractivity contribution is -0.124. The molecule has 0 saturated carbocycles. The number of nitrogens with zero attached hydrogens (tertiary/aromatic N) is 1. The van der Waals surface area contributed by atoms with Gasteiger partial charge in [-0.05, 0) is 6.92 Å². The molecule has 9 heavy (non-hydrogen) atoms. The van der Waals surface area contributed by atoms with Gasteiger partial charge in [0.25, 0.3) is 0 Å². The summed E-state index contributed by atoms with van der Waals surface area (Å²) in [5.41, 5.74) is -0.568. The highest BCUT2D eigenvalue weighted by Gasteiger charge is 2.23. The van der Waals surface area contributed by atoms with Gasteiger partial charge < -0.3 is 0 Å². The van der Waals surface area contributed by atoms with E-state index >= 15 is 0 Å². The fourth-order valence-corrected chi connectivity index (χ4v) is 0.273. The lowest BCUT2D eigenvalue weighted by Crippen LogP contribution is -2.24. The van der Waals surface area contributed by atoms with Gasteiger partial charge in [-0.25, -0.2) is 0 Å². The summed E-state index contributed by atoms with van der Waals surface area (Å²) in [5.74, 6) is 0.00194. The molecule has 0 atom stereocenters. The maximum absolute atomic E-state index is 10.7. The molecule has 3 heteroatoms. The van der Waals surface area contributed by atoms with Gasteiger partial charge in [0, 0.05) is 5.41 Å². The second-order valence-corrected chi connectivity index (χ2v) is 2.73. The van der Waals surface area contributed by atoms with Crippen LogP contribution in [0.5, 0.6) is 0 Å². The Bertz CT molecular complexity index is 129. The summed E-state index contributed by atoms with van der Waals surface area (Å²) in [5, 5.41) is 2.66. The van der Waals surface area contributed by atoms with Gasteiger partial charge in [0.05, 0.1) is 6.54 Å². The number of hydrogen-bond donors (Lipinski definition) is 0. The summed E-state index contributed by atoms with van der Waals surface area (Å²) in [6.07, 6.45) is 0. The zero-order valence-electron chi connectivity index (χ0n) is 5.97. The summed E-state index contributed by atoms with van der Waals surface area (Å²) in [7, 11) is 0. The van der Waals surface area contributed by atoms with E-state index in [1.54, 1.807) is 13.8 Å². The molecule has 0 radical (unpaired) electrons. The lowest BCUT2D eigenvalue weighted by Gasteiger charge is -2.15. The molecule has 0 rings (SSSR count). The van der Waals surface area contributed by atoms with Crippen molar-refractivity contribution in [1.29, 1.82) is 0 Å². The van der Waals surface area contributed by atoms with Crippen molar-refractivity contribution in [3.63, 3.8) is 0 Å². The standard InChI is InChI=1S/C6H11NO2/c1-5(8)6(2,3)4-7-9/h4H2,1-3H3. The molecule has 0 amide bonds. The Morgan fingerprint density at radius 1 is 1.56 bits per heavy atom. The van der Waals surface area contributed by atoms with Crippen molar-refractivity contribution in [3.05, 3.63) is 4.91 Å². The monoisotopic (exact) mass is 129 g/mol. The van der Waals surface area contributed by atoms with Crippen LogP contribution in [0.25, 0.3) is 0 Å². The van der Waals surface area contributed by atoms with E-state index in [0.29, 0.717) is 0 Å². The second kappa shape index (κ2) is 2.71. The van der Waals surface area contributed by atoms with Crippen LogP contribution in [0.4, 0.5) is 0 Å². The maximum Gasteiger partial charge on any atom is 0.137 e. The molecule has 52 valence electrons. The molecule has 0 aliphatic rings. The van der Waals surface area contributed by atoms with E-state index in [4.69, 9.17) is 0 Å². The van der Waals surface area contributed by atoms with Crippen molar-refractivity contribution in [1.82, 2.24) is 0 Å².